The number of ketones is 2. The van der Waals surface area contributed by atoms with E-state index >= 15 is 0 Å². The fourth-order valence-corrected chi connectivity index (χ4v) is 5.39. The maximum Gasteiger partial charge on any atom is 0.213 e. The molecule has 172 valence electrons. The van der Waals surface area contributed by atoms with Crippen molar-refractivity contribution in [3.8, 4) is 11.5 Å². The van der Waals surface area contributed by atoms with Crippen LogP contribution >= 0.6 is 0 Å². The van der Waals surface area contributed by atoms with E-state index < -0.39 is 34.8 Å². The molecular formula is C26H27NO6. The van der Waals surface area contributed by atoms with Crippen LogP contribution in [-0.4, -0.2) is 61.7 Å². The molecule has 1 aliphatic heterocycles. The smallest absolute Gasteiger partial charge is 0.213 e. The van der Waals surface area contributed by atoms with Gasteiger partial charge in [0.1, 0.15) is 11.5 Å². The van der Waals surface area contributed by atoms with E-state index in [1.807, 2.05) is 23.1 Å². The summed E-state index contributed by atoms with van der Waals surface area (Å²) in [5, 5.41) is 42.5. The molecule has 3 aliphatic rings. The first-order valence-corrected chi connectivity index (χ1v) is 11.3. The second-order valence-electron chi connectivity index (χ2n) is 9.55. The highest BCUT2D eigenvalue weighted by Gasteiger charge is 2.43. The minimum Gasteiger partial charge on any atom is -0.507 e. The molecule has 0 radical (unpaired) electrons. The molecule has 0 unspecified atom stereocenters. The predicted octanol–water partition coefficient (Wildman–Crippen LogP) is 2.45. The zero-order valence-corrected chi connectivity index (χ0v) is 18.4. The average Bonchev–Trinajstić information content (AvgIpc) is 2.80. The minimum absolute atomic E-state index is 0.125. The topological polar surface area (TPSA) is 118 Å². The molecule has 1 fully saturated rings. The molecule has 0 saturated carbocycles. The number of aliphatic hydroxyl groups excluding tert-OH is 1. The first kappa shape index (κ1) is 21.7. The van der Waals surface area contributed by atoms with Gasteiger partial charge in [0.2, 0.25) is 5.78 Å². The van der Waals surface area contributed by atoms with Gasteiger partial charge in [0.15, 0.2) is 5.78 Å². The first-order valence-electron chi connectivity index (χ1n) is 11.3. The minimum atomic E-state index is -1.52. The molecule has 1 saturated heterocycles. The summed E-state index contributed by atoms with van der Waals surface area (Å²) in [5.41, 5.74) is -0.0924. The number of nitrogens with zero attached hydrogens (tertiary/aromatic N) is 1. The van der Waals surface area contributed by atoms with Gasteiger partial charge in [-0.1, -0.05) is 30.3 Å². The molecule has 0 bridgehead atoms. The van der Waals surface area contributed by atoms with E-state index in [2.05, 4.69) is 12.1 Å². The SMILES string of the molecule is C[C@]1(O)Cc2c(O)c3c(c(O)c2C[C@H]1O)C(=O)C=C(N1CCC(c2ccccc2)CC1)C3=O. The van der Waals surface area contributed by atoms with Crippen LogP contribution < -0.4 is 0 Å². The Labute approximate surface area is 191 Å². The van der Waals surface area contributed by atoms with Gasteiger partial charge in [0, 0.05) is 43.1 Å². The summed E-state index contributed by atoms with van der Waals surface area (Å²) < 4.78 is 0. The van der Waals surface area contributed by atoms with Crippen LogP contribution in [0, 0.1) is 0 Å². The van der Waals surface area contributed by atoms with E-state index in [4.69, 9.17) is 0 Å². The highest BCUT2D eigenvalue weighted by Crippen LogP contribution is 2.46. The zero-order chi connectivity index (χ0) is 23.5. The molecule has 7 nitrogen and oxygen atoms in total. The van der Waals surface area contributed by atoms with Gasteiger partial charge in [-0.3, -0.25) is 9.59 Å². The Hall–Kier alpha value is -3.16. The van der Waals surface area contributed by atoms with Crippen LogP contribution in [0.25, 0.3) is 0 Å². The molecular weight excluding hydrogens is 422 g/mol. The maximum atomic E-state index is 13.5. The van der Waals surface area contributed by atoms with Crippen molar-refractivity contribution in [3.05, 3.63) is 69.9 Å². The van der Waals surface area contributed by atoms with E-state index in [1.165, 1.54) is 18.6 Å². The lowest BCUT2D eigenvalue weighted by atomic mass is 9.75. The monoisotopic (exact) mass is 449 g/mol. The summed E-state index contributed by atoms with van der Waals surface area (Å²) in [6, 6.07) is 10.2. The zero-order valence-electron chi connectivity index (χ0n) is 18.4. The molecule has 2 aliphatic carbocycles. The lowest BCUT2D eigenvalue weighted by Gasteiger charge is -2.38. The number of Topliss-reactive ketones (excluding diaryl/α,β-unsaturated/α-hetero) is 1. The van der Waals surface area contributed by atoms with Gasteiger partial charge < -0.3 is 25.3 Å². The van der Waals surface area contributed by atoms with Gasteiger partial charge in [-0.2, -0.15) is 0 Å². The van der Waals surface area contributed by atoms with E-state index in [0.717, 1.165) is 12.8 Å². The molecule has 2 aromatic rings. The third-order valence-electron chi connectivity index (χ3n) is 7.39. The van der Waals surface area contributed by atoms with Crippen LogP contribution in [0.15, 0.2) is 42.1 Å². The van der Waals surface area contributed by atoms with Crippen molar-refractivity contribution < 1.29 is 30.0 Å². The summed E-state index contributed by atoms with van der Waals surface area (Å²) in [5.74, 6) is -1.48. The fourth-order valence-electron chi connectivity index (χ4n) is 5.39. The average molecular weight is 450 g/mol. The third-order valence-corrected chi connectivity index (χ3v) is 7.39. The highest BCUT2D eigenvalue weighted by atomic mass is 16.3. The number of aromatic hydroxyl groups is 2. The number of carbonyl (C=O) groups is 2. The van der Waals surface area contributed by atoms with Gasteiger partial charge >= 0.3 is 0 Å². The number of piperidine rings is 1. The molecule has 2 aromatic carbocycles. The van der Waals surface area contributed by atoms with Crippen LogP contribution in [0.4, 0.5) is 0 Å². The summed E-state index contributed by atoms with van der Waals surface area (Å²) in [4.78, 5) is 28.3. The number of phenolic OH excluding ortho intramolecular Hbond substituents is 2. The standard InChI is InChI=1S/C26H27NO6/c1-26(33)13-17-16(11-20(26)29)23(30)21-19(28)12-18(25(32)22(21)24(17)31)27-9-7-15(8-10-27)14-5-3-2-4-6-14/h2-6,12,15,20,29-31,33H,7-11,13H2,1H3/t20-,26+/m1/s1. The van der Waals surface area contributed by atoms with Gasteiger partial charge in [0.05, 0.1) is 28.5 Å². The number of allylic oxidation sites excluding steroid dienone is 2. The Bertz CT molecular complexity index is 1180. The number of carbonyl (C=O) groups excluding carboxylic acids is 2. The molecule has 0 spiro atoms. The number of rotatable bonds is 2. The Morgan fingerprint density at radius 1 is 0.970 bits per heavy atom. The fraction of sp³-hybridized carbons (Fsp3) is 0.385. The third kappa shape index (κ3) is 3.43. The molecule has 0 amide bonds. The molecule has 2 atom stereocenters. The van der Waals surface area contributed by atoms with Crippen molar-refractivity contribution in [2.24, 2.45) is 0 Å². The van der Waals surface area contributed by atoms with Crippen LogP contribution in [0.1, 0.15) is 63.1 Å². The van der Waals surface area contributed by atoms with Crippen LogP contribution in [0.3, 0.4) is 0 Å². The number of likely N-dealkylation sites (tertiary alicyclic amines) is 1. The predicted molar refractivity (Wildman–Crippen MR) is 121 cm³/mol. The van der Waals surface area contributed by atoms with E-state index in [1.54, 1.807) is 0 Å². The Morgan fingerprint density at radius 3 is 2.27 bits per heavy atom. The quantitative estimate of drug-likeness (QED) is 0.520. The van der Waals surface area contributed by atoms with Crippen molar-refractivity contribution in [1.29, 1.82) is 0 Å². The van der Waals surface area contributed by atoms with Crippen LogP contribution in [-0.2, 0) is 12.8 Å². The summed E-state index contributed by atoms with van der Waals surface area (Å²) in [6.45, 7) is 2.63. The van der Waals surface area contributed by atoms with Crippen LogP contribution in [0.2, 0.25) is 0 Å². The Kier molecular flexibility index (Phi) is 5.06. The van der Waals surface area contributed by atoms with Crippen molar-refractivity contribution >= 4 is 11.6 Å². The largest absolute Gasteiger partial charge is 0.507 e. The van der Waals surface area contributed by atoms with Gasteiger partial charge in [-0.05, 0) is 31.2 Å². The molecule has 0 aromatic heterocycles. The van der Waals surface area contributed by atoms with E-state index in [0.29, 0.717) is 19.0 Å². The number of fused-ring (bicyclic) bond motifs is 2. The van der Waals surface area contributed by atoms with Crippen molar-refractivity contribution in [2.75, 3.05) is 13.1 Å². The summed E-state index contributed by atoms with van der Waals surface area (Å²) >= 11 is 0. The highest BCUT2D eigenvalue weighted by molar-refractivity contribution is 6.26. The molecule has 33 heavy (non-hydrogen) atoms. The second kappa shape index (κ2) is 7.71. The molecule has 7 heteroatoms. The van der Waals surface area contributed by atoms with E-state index in [-0.39, 0.29) is 40.8 Å². The lowest BCUT2D eigenvalue weighted by molar-refractivity contribution is -0.0668. The number of hydrogen-bond acceptors (Lipinski definition) is 7. The van der Waals surface area contributed by atoms with Gasteiger partial charge in [-0.25, -0.2) is 0 Å². The number of benzene rings is 2. The molecule has 4 N–H and O–H groups in total. The number of phenols is 2. The van der Waals surface area contributed by atoms with Gasteiger partial charge in [-0.15, -0.1) is 0 Å². The molecule has 5 rings (SSSR count). The first-order chi connectivity index (χ1) is 15.7. The van der Waals surface area contributed by atoms with Crippen molar-refractivity contribution in [2.45, 2.75) is 50.2 Å². The normalized spacial score (nSPS) is 25.5. The summed E-state index contributed by atoms with van der Waals surface area (Å²) in [7, 11) is 0. The Morgan fingerprint density at radius 2 is 1.61 bits per heavy atom. The summed E-state index contributed by atoms with van der Waals surface area (Å²) in [6.07, 6.45) is 1.48. The number of aliphatic hydroxyl groups is 2. The molecule has 1 heterocycles. The Balaban J connectivity index is 1.47. The lowest BCUT2D eigenvalue weighted by Crippen LogP contribution is -2.46. The van der Waals surface area contributed by atoms with Crippen molar-refractivity contribution in [3.63, 3.8) is 0 Å². The van der Waals surface area contributed by atoms with Crippen molar-refractivity contribution in [1.82, 2.24) is 4.90 Å². The van der Waals surface area contributed by atoms with Gasteiger partial charge in [0.25, 0.3) is 0 Å². The number of hydrogen-bond donors (Lipinski definition) is 4. The second-order valence-corrected chi connectivity index (χ2v) is 9.55. The van der Waals surface area contributed by atoms with Crippen LogP contribution in [0.5, 0.6) is 11.5 Å². The van der Waals surface area contributed by atoms with E-state index in [9.17, 15) is 30.0 Å². The maximum absolute atomic E-state index is 13.5.